The van der Waals surface area contributed by atoms with Crippen LogP contribution in [0.3, 0.4) is 0 Å². The van der Waals surface area contributed by atoms with Crippen LogP contribution in [0.15, 0.2) is 48.5 Å². The van der Waals surface area contributed by atoms with E-state index in [4.69, 9.17) is 4.74 Å². The molecule has 0 aliphatic carbocycles. The predicted molar refractivity (Wildman–Crippen MR) is 97.1 cm³/mol. The number of hydrogen-bond donors (Lipinski definition) is 1. The highest BCUT2D eigenvalue weighted by molar-refractivity contribution is 5.94. The third-order valence-electron chi connectivity index (χ3n) is 4.63. The summed E-state index contributed by atoms with van der Waals surface area (Å²) in [6.07, 6.45) is 0.949. The van der Waals surface area contributed by atoms with E-state index in [9.17, 15) is 9.90 Å². The fraction of sp³-hybridized carbons (Fsp3) is 0.350. The molecule has 25 heavy (non-hydrogen) atoms. The standard InChI is InChI=1S/C20H24N2O3/c1-25-19-4-2-3-17(15-19)20(24)22-13-11-21(12-14-22)10-9-16-5-7-18(23)8-6-16/h2-8,15,23H,9-14H2,1H3. The van der Waals surface area contributed by atoms with Gasteiger partial charge in [0.25, 0.3) is 5.91 Å². The first kappa shape index (κ1) is 17.3. The molecule has 0 radical (unpaired) electrons. The van der Waals surface area contributed by atoms with Gasteiger partial charge in [0.05, 0.1) is 7.11 Å². The van der Waals surface area contributed by atoms with Crippen LogP contribution in [0.5, 0.6) is 11.5 Å². The molecule has 1 aliphatic rings. The van der Waals surface area contributed by atoms with E-state index in [1.54, 1.807) is 25.3 Å². The van der Waals surface area contributed by atoms with Crippen molar-refractivity contribution in [2.45, 2.75) is 6.42 Å². The van der Waals surface area contributed by atoms with E-state index in [2.05, 4.69) is 4.90 Å². The normalized spacial score (nSPS) is 15.2. The number of methoxy groups -OCH3 is 1. The molecule has 5 nitrogen and oxygen atoms in total. The number of phenols is 1. The fourth-order valence-corrected chi connectivity index (χ4v) is 3.06. The predicted octanol–water partition coefficient (Wildman–Crippen LogP) is 2.40. The maximum Gasteiger partial charge on any atom is 0.254 e. The summed E-state index contributed by atoms with van der Waals surface area (Å²) in [5.41, 5.74) is 1.89. The number of rotatable bonds is 5. The Morgan fingerprint density at radius 2 is 1.80 bits per heavy atom. The summed E-state index contributed by atoms with van der Waals surface area (Å²) in [6.45, 7) is 4.21. The van der Waals surface area contributed by atoms with Crippen molar-refractivity contribution in [2.24, 2.45) is 0 Å². The van der Waals surface area contributed by atoms with Crippen molar-refractivity contribution in [3.63, 3.8) is 0 Å². The average molecular weight is 340 g/mol. The van der Waals surface area contributed by atoms with Crippen LogP contribution in [-0.2, 0) is 6.42 Å². The summed E-state index contributed by atoms with van der Waals surface area (Å²) in [5, 5.41) is 9.33. The highest BCUT2D eigenvalue weighted by Crippen LogP contribution is 2.16. The van der Waals surface area contributed by atoms with Crippen LogP contribution in [0.25, 0.3) is 0 Å². The molecule has 132 valence electrons. The largest absolute Gasteiger partial charge is 0.508 e. The molecule has 5 heteroatoms. The van der Waals surface area contributed by atoms with E-state index in [0.717, 1.165) is 39.1 Å². The molecule has 3 rings (SSSR count). The van der Waals surface area contributed by atoms with Gasteiger partial charge >= 0.3 is 0 Å². The SMILES string of the molecule is COc1cccc(C(=O)N2CCN(CCc3ccc(O)cc3)CC2)c1. The quantitative estimate of drug-likeness (QED) is 0.908. The smallest absolute Gasteiger partial charge is 0.254 e. The zero-order valence-electron chi connectivity index (χ0n) is 14.5. The molecule has 1 fully saturated rings. The maximum absolute atomic E-state index is 12.6. The summed E-state index contributed by atoms with van der Waals surface area (Å²) >= 11 is 0. The van der Waals surface area contributed by atoms with Gasteiger partial charge in [-0.3, -0.25) is 9.69 Å². The van der Waals surface area contributed by atoms with Gasteiger partial charge < -0.3 is 14.7 Å². The molecule has 0 aromatic heterocycles. The van der Waals surface area contributed by atoms with Gasteiger partial charge in [-0.1, -0.05) is 18.2 Å². The van der Waals surface area contributed by atoms with E-state index in [1.807, 2.05) is 35.2 Å². The van der Waals surface area contributed by atoms with Gasteiger partial charge in [-0.05, 0) is 42.3 Å². The Morgan fingerprint density at radius 3 is 2.48 bits per heavy atom. The van der Waals surface area contributed by atoms with E-state index in [0.29, 0.717) is 17.1 Å². The van der Waals surface area contributed by atoms with Gasteiger partial charge in [0.2, 0.25) is 0 Å². The molecule has 0 saturated carbocycles. The number of nitrogens with zero attached hydrogens (tertiary/aromatic N) is 2. The molecule has 0 unspecified atom stereocenters. The van der Waals surface area contributed by atoms with Crippen LogP contribution < -0.4 is 4.74 Å². The Labute approximate surface area is 148 Å². The van der Waals surface area contributed by atoms with Crippen molar-refractivity contribution in [1.29, 1.82) is 0 Å². The van der Waals surface area contributed by atoms with E-state index in [-0.39, 0.29) is 5.91 Å². The minimum Gasteiger partial charge on any atom is -0.508 e. The monoisotopic (exact) mass is 340 g/mol. The second-order valence-electron chi connectivity index (χ2n) is 6.28. The number of piperazine rings is 1. The second-order valence-corrected chi connectivity index (χ2v) is 6.28. The molecule has 0 atom stereocenters. The van der Waals surface area contributed by atoms with Gasteiger partial charge in [-0.2, -0.15) is 0 Å². The second kappa shape index (κ2) is 8.03. The summed E-state index contributed by atoms with van der Waals surface area (Å²) in [6, 6.07) is 14.7. The van der Waals surface area contributed by atoms with Crippen molar-refractivity contribution >= 4 is 5.91 Å². The number of hydrogen-bond acceptors (Lipinski definition) is 4. The van der Waals surface area contributed by atoms with Crippen LogP contribution >= 0.6 is 0 Å². The van der Waals surface area contributed by atoms with Gasteiger partial charge in [0, 0.05) is 38.3 Å². The molecule has 0 bridgehead atoms. The van der Waals surface area contributed by atoms with Gasteiger partial charge in [0.15, 0.2) is 0 Å². The first-order chi connectivity index (χ1) is 12.2. The lowest BCUT2D eigenvalue weighted by Gasteiger charge is -2.34. The first-order valence-electron chi connectivity index (χ1n) is 8.59. The molecule has 0 spiro atoms. The number of amides is 1. The Balaban J connectivity index is 1.49. The molecule has 1 saturated heterocycles. The average Bonchev–Trinajstić information content (AvgIpc) is 2.67. The Morgan fingerprint density at radius 1 is 1.08 bits per heavy atom. The molecule has 1 N–H and O–H groups in total. The van der Waals surface area contributed by atoms with Crippen molar-refractivity contribution < 1.29 is 14.6 Å². The summed E-state index contributed by atoms with van der Waals surface area (Å²) in [5.74, 6) is 1.07. The lowest BCUT2D eigenvalue weighted by atomic mass is 10.1. The summed E-state index contributed by atoms with van der Waals surface area (Å²) < 4.78 is 5.20. The van der Waals surface area contributed by atoms with Crippen LogP contribution in [0.2, 0.25) is 0 Å². The molecule has 1 amide bonds. The lowest BCUT2D eigenvalue weighted by molar-refractivity contribution is 0.0638. The van der Waals surface area contributed by atoms with E-state index < -0.39 is 0 Å². The lowest BCUT2D eigenvalue weighted by Crippen LogP contribution is -2.49. The zero-order valence-corrected chi connectivity index (χ0v) is 14.5. The highest BCUT2D eigenvalue weighted by atomic mass is 16.5. The highest BCUT2D eigenvalue weighted by Gasteiger charge is 2.22. The molecular formula is C20H24N2O3. The Hall–Kier alpha value is -2.53. The number of carbonyl (C=O) groups excluding carboxylic acids is 1. The molecule has 1 aliphatic heterocycles. The van der Waals surface area contributed by atoms with Crippen LogP contribution in [-0.4, -0.2) is 60.6 Å². The number of phenolic OH excluding ortho intramolecular Hbond substituents is 1. The van der Waals surface area contributed by atoms with E-state index in [1.165, 1.54) is 5.56 Å². The van der Waals surface area contributed by atoms with Crippen molar-refractivity contribution in [3.8, 4) is 11.5 Å². The van der Waals surface area contributed by atoms with Crippen LogP contribution in [0.4, 0.5) is 0 Å². The Kier molecular flexibility index (Phi) is 5.56. The summed E-state index contributed by atoms with van der Waals surface area (Å²) in [4.78, 5) is 16.9. The van der Waals surface area contributed by atoms with Crippen molar-refractivity contribution in [3.05, 3.63) is 59.7 Å². The maximum atomic E-state index is 12.6. The molecular weight excluding hydrogens is 316 g/mol. The van der Waals surface area contributed by atoms with E-state index >= 15 is 0 Å². The van der Waals surface area contributed by atoms with Gasteiger partial charge in [0.1, 0.15) is 11.5 Å². The number of carbonyl (C=O) groups is 1. The molecule has 1 heterocycles. The molecule has 2 aromatic carbocycles. The van der Waals surface area contributed by atoms with Crippen molar-refractivity contribution in [2.75, 3.05) is 39.8 Å². The first-order valence-corrected chi connectivity index (χ1v) is 8.59. The summed E-state index contributed by atoms with van der Waals surface area (Å²) in [7, 11) is 1.61. The van der Waals surface area contributed by atoms with Gasteiger partial charge in [-0.25, -0.2) is 0 Å². The zero-order chi connectivity index (χ0) is 17.6. The third-order valence-corrected chi connectivity index (χ3v) is 4.63. The third kappa shape index (κ3) is 4.51. The van der Waals surface area contributed by atoms with Crippen LogP contribution in [0.1, 0.15) is 15.9 Å². The Bertz CT molecular complexity index is 707. The topological polar surface area (TPSA) is 53.0 Å². The fourth-order valence-electron chi connectivity index (χ4n) is 3.06. The number of benzene rings is 2. The van der Waals surface area contributed by atoms with Crippen molar-refractivity contribution in [1.82, 2.24) is 9.80 Å². The molecule has 2 aromatic rings. The van der Waals surface area contributed by atoms with Gasteiger partial charge in [-0.15, -0.1) is 0 Å². The van der Waals surface area contributed by atoms with Crippen LogP contribution in [0, 0.1) is 0 Å². The minimum atomic E-state index is 0.0667. The minimum absolute atomic E-state index is 0.0667. The number of ether oxygens (including phenoxy) is 1. The number of aromatic hydroxyl groups is 1.